The number of imide groups is 1. The van der Waals surface area contributed by atoms with Crippen LogP contribution < -0.4 is 5.32 Å². The lowest BCUT2D eigenvalue weighted by atomic mass is 10.2. The Kier molecular flexibility index (Phi) is 8.76. The fourth-order valence-electron chi connectivity index (χ4n) is 4.05. The number of amides is 3. The molecule has 12 heteroatoms. The molecule has 0 unspecified atom stereocenters. The maximum atomic E-state index is 13.0. The average molecular weight is 607 g/mol. The highest BCUT2D eigenvalue weighted by molar-refractivity contribution is 8.18. The second kappa shape index (κ2) is 11.9. The average Bonchev–Trinajstić information content (AvgIpc) is 3.30. The molecule has 202 valence electrons. The van der Waals surface area contributed by atoms with Gasteiger partial charge in [-0.15, -0.1) is 0 Å². The van der Waals surface area contributed by atoms with Gasteiger partial charge in [0.25, 0.3) is 11.1 Å². The first-order valence-corrected chi connectivity index (χ1v) is 13.6. The molecule has 3 amide bonds. The minimum atomic E-state index is -0.631. The van der Waals surface area contributed by atoms with E-state index in [1.807, 2.05) is 30.5 Å². The number of aryl methyl sites for hydroxylation is 1. The predicted octanol–water partition coefficient (Wildman–Crippen LogP) is 6.91. The van der Waals surface area contributed by atoms with Crippen LogP contribution in [0, 0.1) is 13.8 Å². The Morgan fingerprint density at radius 1 is 1.00 bits per heavy atom. The van der Waals surface area contributed by atoms with E-state index in [-0.39, 0.29) is 27.8 Å². The van der Waals surface area contributed by atoms with Gasteiger partial charge in [-0.1, -0.05) is 34.8 Å². The summed E-state index contributed by atoms with van der Waals surface area (Å²) in [6.45, 7) is 5.12. The molecule has 39 heavy (non-hydrogen) atoms. The molecular formula is C27H22Cl3N3O5S. The van der Waals surface area contributed by atoms with Crippen molar-refractivity contribution in [1.82, 2.24) is 9.47 Å². The Bertz CT molecular complexity index is 1550. The van der Waals surface area contributed by atoms with Gasteiger partial charge < -0.3 is 14.6 Å². The SMILES string of the molecule is CCOC(=O)c1cc(NC(=O)CN2C(=O)S/C(=C\c3cc(C)n(-c4ccc(Cl)c(Cl)c4)c3C)C2=O)ccc1Cl. The van der Waals surface area contributed by atoms with E-state index < -0.39 is 29.6 Å². The van der Waals surface area contributed by atoms with Crippen molar-refractivity contribution in [3.63, 3.8) is 0 Å². The van der Waals surface area contributed by atoms with Gasteiger partial charge in [-0.25, -0.2) is 4.79 Å². The summed E-state index contributed by atoms with van der Waals surface area (Å²) in [6, 6.07) is 11.5. The van der Waals surface area contributed by atoms with Gasteiger partial charge in [0, 0.05) is 22.8 Å². The van der Waals surface area contributed by atoms with E-state index in [2.05, 4.69) is 5.32 Å². The number of hydrogen-bond acceptors (Lipinski definition) is 6. The summed E-state index contributed by atoms with van der Waals surface area (Å²) in [4.78, 5) is 51.5. The smallest absolute Gasteiger partial charge is 0.339 e. The lowest BCUT2D eigenvalue weighted by Gasteiger charge is -2.13. The lowest BCUT2D eigenvalue weighted by molar-refractivity contribution is -0.127. The van der Waals surface area contributed by atoms with Crippen molar-refractivity contribution in [2.75, 3.05) is 18.5 Å². The first-order chi connectivity index (χ1) is 18.5. The highest BCUT2D eigenvalue weighted by Gasteiger charge is 2.36. The van der Waals surface area contributed by atoms with E-state index in [0.717, 1.165) is 39.3 Å². The molecule has 1 aromatic heterocycles. The number of nitrogens with zero attached hydrogens (tertiary/aromatic N) is 2. The molecule has 1 saturated heterocycles. The zero-order chi connectivity index (χ0) is 28.4. The highest BCUT2D eigenvalue weighted by Crippen LogP contribution is 2.34. The number of halogens is 3. The minimum absolute atomic E-state index is 0.0869. The van der Waals surface area contributed by atoms with Crippen LogP contribution in [0.25, 0.3) is 11.8 Å². The highest BCUT2D eigenvalue weighted by atomic mass is 35.5. The molecule has 0 radical (unpaired) electrons. The van der Waals surface area contributed by atoms with Crippen LogP contribution in [-0.2, 0) is 14.3 Å². The number of carbonyl (C=O) groups excluding carboxylic acids is 4. The summed E-state index contributed by atoms with van der Waals surface area (Å²) in [5.74, 6) is -1.83. The Labute approximate surface area is 243 Å². The van der Waals surface area contributed by atoms with Crippen molar-refractivity contribution in [3.05, 3.63) is 85.0 Å². The van der Waals surface area contributed by atoms with Crippen molar-refractivity contribution < 1.29 is 23.9 Å². The third-order valence-electron chi connectivity index (χ3n) is 5.84. The van der Waals surface area contributed by atoms with E-state index in [1.54, 1.807) is 25.1 Å². The predicted molar refractivity (Wildman–Crippen MR) is 154 cm³/mol. The van der Waals surface area contributed by atoms with E-state index in [1.165, 1.54) is 18.2 Å². The summed E-state index contributed by atoms with van der Waals surface area (Å²) in [7, 11) is 0. The number of benzene rings is 2. The number of rotatable bonds is 7. The summed E-state index contributed by atoms with van der Waals surface area (Å²) in [5, 5.41) is 3.04. The Morgan fingerprint density at radius 2 is 1.72 bits per heavy atom. The van der Waals surface area contributed by atoms with Gasteiger partial charge in [0.05, 0.1) is 32.1 Å². The molecular weight excluding hydrogens is 585 g/mol. The topological polar surface area (TPSA) is 97.7 Å². The number of hydrogen-bond donors (Lipinski definition) is 1. The molecule has 1 N–H and O–H groups in total. The van der Waals surface area contributed by atoms with Crippen LogP contribution in [-0.4, -0.2) is 45.6 Å². The lowest BCUT2D eigenvalue weighted by Crippen LogP contribution is -2.36. The van der Waals surface area contributed by atoms with Crippen LogP contribution >= 0.6 is 46.6 Å². The molecule has 1 fully saturated rings. The van der Waals surface area contributed by atoms with Gasteiger partial charge >= 0.3 is 5.97 Å². The van der Waals surface area contributed by atoms with E-state index in [0.29, 0.717) is 10.0 Å². The molecule has 1 aliphatic rings. The summed E-state index contributed by atoms with van der Waals surface area (Å²) in [5.41, 5.74) is 3.61. The monoisotopic (exact) mass is 605 g/mol. The maximum absolute atomic E-state index is 13.0. The number of nitrogens with one attached hydrogen (secondary N) is 1. The first-order valence-electron chi connectivity index (χ1n) is 11.7. The summed E-state index contributed by atoms with van der Waals surface area (Å²) >= 11 is 19.1. The van der Waals surface area contributed by atoms with Crippen molar-refractivity contribution >= 4 is 81.4 Å². The maximum Gasteiger partial charge on any atom is 0.339 e. The molecule has 0 spiro atoms. The van der Waals surface area contributed by atoms with Gasteiger partial charge in [-0.05, 0) is 86.6 Å². The fraction of sp³-hybridized carbons (Fsp3) is 0.185. The minimum Gasteiger partial charge on any atom is -0.462 e. The number of aromatic nitrogens is 1. The Hall–Kier alpha value is -3.24. The normalized spacial score (nSPS) is 14.3. The largest absolute Gasteiger partial charge is 0.462 e. The zero-order valence-corrected chi connectivity index (χ0v) is 24.1. The van der Waals surface area contributed by atoms with Gasteiger partial charge in [0.2, 0.25) is 5.91 Å². The number of thioether (sulfide) groups is 1. The zero-order valence-electron chi connectivity index (χ0n) is 21.0. The second-order valence-electron chi connectivity index (χ2n) is 8.49. The van der Waals surface area contributed by atoms with Crippen molar-refractivity contribution in [3.8, 4) is 5.69 Å². The van der Waals surface area contributed by atoms with E-state index in [9.17, 15) is 19.2 Å². The van der Waals surface area contributed by atoms with Crippen molar-refractivity contribution in [1.29, 1.82) is 0 Å². The quantitative estimate of drug-likeness (QED) is 0.232. The number of ether oxygens (including phenoxy) is 1. The Morgan fingerprint density at radius 3 is 2.41 bits per heavy atom. The summed E-state index contributed by atoms with van der Waals surface area (Å²) < 4.78 is 6.92. The molecule has 0 aliphatic carbocycles. The van der Waals surface area contributed by atoms with Crippen LogP contribution in [0.3, 0.4) is 0 Å². The number of carbonyl (C=O) groups is 4. The van der Waals surface area contributed by atoms with Crippen LogP contribution in [0.4, 0.5) is 10.5 Å². The molecule has 1 aliphatic heterocycles. The molecule has 2 aromatic carbocycles. The third-order valence-corrected chi connectivity index (χ3v) is 7.82. The molecule has 0 saturated carbocycles. The fourth-order valence-corrected chi connectivity index (χ4v) is 5.36. The van der Waals surface area contributed by atoms with Gasteiger partial charge in [0.1, 0.15) is 6.54 Å². The molecule has 8 nitrogen and oxygen atoms in total. The molecule has 3 aromatic rings. The Balaban J connectivity index is 1.50. The van der Waals surface area contributed by atoms with Crippen molar-refractivity contribution in [2.45, 2.75) is 20.8 Å². The van der Waals surface area contributed by atoms with Gasteiger partial charge in [-0.3, -0.25) is 19.3 Å². The van der Waals surface area contributed by atoms with Gasteiger partial charge in [0.15, 0.2) is 0 Å². The number of esters is 1. The third kappa shape index (κ3) is 6.17. The van der Waals surface area contributed by atoms with E-state index in [4.69, 9.17) is 39.5 Å². The van der Waals surface area contributed by atoms with Gasteiger partial charge in [-0.2, -0.15) is 0 Å². The van der Waals surface area contributed by atoms with Crippen LogP contribution in [0.15, 0.2) is 47.4 Å². The molecule has 0 bridgehead atoms. The first kappa shape index (κ1) is 28.8. The molecule has 4 rings (SSSR count). The van der Waals surface area contributed by atoms with Crippen LogP contribution in [0.2, 0.25) is 15.1 Å². The molecule has 0 atom stereocenters. The van der Waals surface area contributed by atoms with Crippen LogP contribution in [0.1, 0.15) is 34.2 Å². The number of anilines is 1. The second-order valence-corrected chi connectivity index (χ2v) is 10.7. The molecule has 2 heterocycles. The summed E-state index contributed by atoms with van der Waals surface area (Å²) in [6.07, 6.45) is 1.63. The van der Waals surface area contributed by atoms with Crippen LogP contribution in [0.5, 0.6) is 0 Å². The van der Waals surface area contributed by atoms with E-state index >= 15 is 0 Å². The standard InChI is InChI=1S/C27H22Cl3N3O5S/c1-4-38-26(36)19-11-17(5-7-20(19)28)31-24(34)13-32-25(35)23(39-27(32)37)10-16-9-14(2)33(15(16)3)18-6-8-21(29)22(30)12-18/h5-12H,4,13H2,1-3H3,(H,31,34)/b23-10-. The van der Waals surface area contributed by atoms with Crippen molar-refractivity contribution in [2.24, 2.45) is 0 Å².